The summed E-state index contributed by atoms with van der Waals surface area (Å²) in [5, 5.41) is 7.71. The monoisotopic (exact) mass is 487 g/mol. The quantitative estimate of drug-likeness (QED) is 0.205. The molecule has 4 rings (SSSR count). The molecule has 198 valence electrons. The summed E-state index contributed by atoms with van der Waals surface area (Å²) in [5.41, 5.74) is 1.57. The van der Waals surface area contributed by atoms with E-state index in [1.807, 2.05) is 13.8 Å². The summed E-state index contributed by atoms with van der Waals surface area (Å²) in [5.74, 6) is 3.73. The molecule has 1 N–H and O–H groups in total. The number of amides is 1. The lowest BCUT2D eigenvalue weighted by atomic mass is 9.44. The SMILES string of the molecule is CCNCCN(C(=O)O/N=C(\C)[C@H]1CC[C@H]2[C@@H]3CC[C@H]4CC(=O)CC[C@]4(C)[C@H]3CC[C@]12C)C(C)C. The second kappa shape index (κ2) is 10.5. The van der Waals surface area contributed by atoms with Gasteiger partial charge in [-0.2, -0.15) is 0 Å². The molecule has 4 fully saturated rings. The molecule has 0 aliphatic heterocycles. The van der Waals surface area contributed by atoms with Crippen molar-refractivity contribution in [2.45, 2.75) is 105 Å². The third-order valence-corrected chi connectivity index (χ3v) is 10.9. The van der Waals surface area contributed by atoms with E-state index < -0.39 is 0 Å². The van der Waals surface area contributed by atoms with Crippen molar-refractivity contribution >= 4 is 17.6 Å². The highest BCUT2D eigenvalue weighted by Crippen LogP contribution is 2.67. The number of fused-ring (bicyclic) bond motifs is 5. The van der Waals surface area contributed by atoms with E-state index in [0.717, 1.165) is 62.2 Å². The Bertz CT molecular complexity index is 826. The van der Waals surface area contributed by atoms with Gasteiger partial charge in [-0.25, -0.2) is 4.79 Å². The maximum atomic E-state index is 12.8. The van der Waals surface area contributed by atoms with Crippen LogP contribution in [-0.2, 0) is 9.63 Å². The Morgan fingerprint density at radius 2 is 1.86 bits per heavy atom. The summed E-state index contributed by atoms with van der Waals surface area (Å²) in [7, 11) is 0. The molecule has 0 aromatic carbocycles. The Hall–Kier alpha value is -1.43. The van der Waals surface area contributed by atoms with Crippen molar-refractivity contribution in [3.63, 3.8) is 0 Å². The number of carbonyl (C=O) groups is 2. The highest BCUT2D eigenvalue weighted by Gasteiger charge is 2.60. The van der Waals surface area contributed by atoms with Crippen LogP contribution in [0.25, 0.3) is 0 Å². The van der Waals surface area contributed by atoms with Crippen molar-refractivity contribution in [2.24, 2.45) is 45.6 Å². The van der Waals surface area contributed by atoms with Gasteiger partial charge in [-0.1, -0.05) is 25.9 Å². The number of ketones is 1. The van der Waals surface area contributed by atoms with Crippen LogP contribution in [0.15, 0.2) is 5.16 Å². The fourth-order valence-corrected chi connectivity index (χ4v) is 8.90. The van der Waals surface area contributed by atoms with Gasteiger partial charge >= 0.3 is 6.09 Å². The predicted octanol–water partition coefficient (Wildman–Crippen LogP) is 6.05. The molecule has 6 nitrogen and oxygen atoms in total. The second-order valence-corrected chi connectivity index (χ2v) is 12.8. The highest BCUT2D eigenvalue weighted by atomic mass is 16.7. The molecule has 0 aromatic rings. The number of nitrogens with one attached hydrogen (secondary N) is 1. The molecule has 1 amide bonds. The number of carbonyl (C=O) groups excluding carboxylic acids is 2. The number of likely N-dealkylation sites (N-methyl/N-ethyl adjacent to an activating group) is 1. The Morgan fingerprint density at radius 1 is 1.11 bits per heavy atom. The van der Waals surface area contributed by atoms with Gasteiger partial charge in [0.15, 0.2) is 0 Å². The van der Waals surface area contributed by atoms with Crippen LogP contribution in [0.2, 0.25) is 0 Å². The zero-order chi connectivity index (χ0) is 25.4. The molecule has 0 aromatic heterocycles. The van der Waals surface area contributed by atoms with Crippen LogP contribution in [0.1, 0.15) is 99.3 Å². The van der Waals surface area contributed by atoms with Crippen LogP contribution in [-0.4, -0.2) is 48.2 Å². The molecule has 0 bridgehead atoms. The molecule has 7 atom stereocenters. The number of hydrogen-bond acceptors (Lipinski definition) is 5. The zero-order valence-corrected chi connectivity index (χ0v) is 23.1. The zero-order valence-electron chi connectivity index (χ0n) is 23.1. The molecular formula is C29H49N3O3. The van der Waals surface area contributed by atoms with Gasteiger partial charge in [0.25, 0.3) is 0 Å². The third kappa shape index (κ3) is 4.93. The van der Waals surface area contributed by atoms with E-state index in [2.05, 4.69) is 38.2 Å². The number of nitrogens with zero attached hydrogens (tertiary/aromatic N) is 2. The van der Waals surface area contributed by atoms with Crippen LogP contribution < -0.4 is 5.32 Å². The average molecular weight is 488 g/mol. The van der Waals surface area contributed by atoms with Gasteiger partial charge in [0.05, 0.1) is 5.71 Å². The lowest BCUT2D eigenvalue weighted by molar-refractivity contribution is -0.138. The van der Waals surface area contributed by atoms with E-state index >= 15 is 0 Å². The maximum absolute atomic E-state index is 12.8. The average Bonchev–Trinajstić information content (AvgIpc) is 3.17. The first-order chi connectivity index (χ1) is 16.6. The molecule has 6 heteroatoms. The molecule has 0 spiro atoms. The van der Waals surface area contributed by atoms with E-state index in [9.17, 15) is 9.59 Å². The minimum Gasteiger partial charge on any atom is -0.315 e. The minimum absolute atomic E-state index is 0.0758. The van der Waals surface area contributed by atoms with Crippen LogP contribution in [0, 0.1) is 40.4 Å². The molecular weight excluding hydrogens is 438 g/mol. The van der Waals surface area contributed by atoms with E-state index in [1.54, 1.807) is 4.90 Å². The number of rotatable bonds is 7. The van der Waals surface area contributed by atoms with E-state index in [-0.39, 0.29) is 17.6 Å². The van der Waals surface area contributed by atoms with Crippen molar-refractivity contribution in [1.29, 1.82) is 0 Å². The first-order valence-electron chi connectivity index (χ1n) is 14.4. The summed E-state index contributed by atoms with van der Waals surface area (Å²) in [6.45, 7) is 15.4. The predicted molar refractivity (Wildman–Crippen MR) is 140 cm³/mol. The number of oxime groups is 1. The minimum atomic E-state index is -0.348. The smallest absolute Gasteiger partial charge is 0.315 e. The normalized spacial score (nSPS) is 39.1. The topological polar surface area (TPSA) is 71.0 Å². The van der Waals surface area contributed by atoms with Crippen LogP contribution in [0.4, 0.5) is 4.79 Å². The number of Topliss-reactive ketones (excluding diaryl/α,β-unsaturated/α-hetero) is 1. The summed E-state index contributed by atoms with van der Waals surface area (Å²) in [4.78, 5) is 32.2. The third-order valence-electron chi connectivity index (χ3n) is 10.9. The summed E-state index contributed by atoms with van der Waals surface area (Å²) in [6.07, 6.45) is 9.76. The fraction of sp³-hybridized carbons (Fsp3) is 0.897. The first kappa shape index (κ1) is 26.6. The van der Waals surface area contributed by atoms with Gasteiger partial charge in [-0.15, -0.1) is 0 Å². The van der Waals surface area contributed by atoms with Gasteiger partial charge in [0.1, 0.15) is 5.78 Å². The molecule has 4 aliphatic rings. The Morgan fingerprint density at radius 3 is 2.57 bits per heavy atom. The first-order valence-corrected chi connectivity index (χ1v) is 14.4. The molecule has 0 unspecified atom stereocenters. The van der Waals surface area contributed by atoms with Gasteiger partial charge in [-0.3, -0.25) is 9.63 Å². The van der Waals surface area contributed by atoms with Gasteiger partial charge < -0.3 is 10.2 Å². The lowest BCUT2D eigenvalue weighted by Crippen LogP contribution is -2.53. The summed E-state index contributed by atoms with van der Waals surface area (Å²) in [6, 6.07) is 0.0758. The Labute approximate surface area is 213 Å². The van der Waals surface area contributed by atoms with Crippen LogP contribution >= 0.6 is 0 Å². The second-order valence-electron chi connectivity index (χ2n) is 12.8. The summed E-state index contributed by atoms with van der Waals surface area (Å²) < 4.78 is 0. The largest absolute Gasteiger partial charge is 0.436 e. The van der Waals surface area contributed by atoms with Crippen LogP contribution in [0.3, 0.4) is 0 Å². The van der Waals surface area contributed by atoms with Gasteiger partial charge in [0.2, 0.25) is 0 Å². The number of hydrogen-bond donors (Lipinski definition) is 1. The molecule has 0 saturated heterocycles. The molecule has 4 aliphatic carbocycles. The molecule has 0 radical (unpaired) electrons. The molecule has 35 heavy (non-hydrogen) atoms. The standard InChI is InChI=1S/C29H49N3O3/c1-7-30-16-17-32(19(2)3)27(34)35-31-20(4)24-10-11-25-23-9-8-21-18-22(33)12-14-28(21,5)26(23)13-15-29(24,25)6/h19,21,23-26,30H,7-18H2,1-6H3/b31-20+/t21-,23-,24+,25-,26-,28-,29+/m0/s1. The van der Waals surface area contributed by atoms with E-state index in [4.69, 9.17) is 4.84 Å². The Kier molecular flexibility index (Phi) is 8.00. The summed E-state index contributed by atoms with van der Waals surface area (Å²) >= 11 is 0. The van der Waals surface area contributed by atoms with Crippen molar-refractivity contribution in [3.05, 3.63) is 0 Å². The lowest BCUT2D eigenvalue weighted by Gasteiger charge is -2.60. The Balaban J connectivity index is 1.43. The van der Waals surface area contributed by atoms with Crippen molar-refractivity contribution in [2.75, 3.05) is 19.6 Å². The van der Waals surface area contributed by atoms with Crippen LogP contribution in [0.5, 0.6) is 0 Å². The van der Waals surface area contributed by atoms with Crippen molar-refractivity contribution in [1.82, 2.24) is 10.2 Å². The molecule has 0 heterocycles. The van der Waals surface area contributed by atoms with Gasteiger partial charge in [0, 0.05) is 37.9 Å². The fourth-order valence-electron chi connectivity index (χ4n) is 8.90. The maximum Gasteiger partial charge on any atom is 0.436 e. The van der Waals surface area contributed by atoms with Crippen molar-refractivity contribution in [3.8, 4) is 0 Å². The van der Waals surface area contributed by atoms with Crippen molar-refractivity contribution < 1.29 is 14.4 Å². The van der Waals surface area contributed by atoms with Gasteiger partial charge in [-0.05, 0) is 107 Å². The molecule has 4 saturated carbocycles. The highest BCUT2D eigenvalue weighted by molar-refractivity contribution is 5.85. The van der Waals surface area contributed by atoms with E-state index in [1.165, 1.54) is 32.1 Å². The van der Waals surface area contributed by atoms with E-state index in [0.29, 0.717) is 29.6 Å².